The van der Waals surface area contributed by atoms with Crippen LogP contribution in [0.1, 0.15) is 73.3 Å². The maximum atomic E-state index is 11.9. The summed E-state index contributed by atoms with van der Waals surface area (Å²) < 4.78 is 5.15. The van der Waals surface area contributed by atoms with Crippen LogP contribution in [0.2, 0.25) is 0 Å². The molecule has 0 aromatic carbocycles. The predicted octanol–water partition coefficient (Wildman–Crippen LogP) is 5.12. The van der Waals surface area contributed by atoms with Crippen LogP contribution in [0.25, 0.3) is 6.08 Å². The van der Waals surface area contributed by atoms with E-state index >= 15 is 0 Å². The number of hydrogen-bond donors (Lipinski definition) is 0. The number of pyridine rings is 1. The second kappa shape index (κ2) is 13.9. The Bertz CT molecular complexity index is 586. The molecule has 0 aliphatic carbocycles. The highest BCUT2D eigenvalue weighted by Gasteiger charge is 2.19. The van der Waals surface area contributed by atoms with E-state index in [0.29, 0.717) is 0 Å². The molecule has 1 heterocycles. The van der Waals surface area contributed by atoms with Gasteiger partial charge in [-0.05, 0) is 57.7 Å². The molecule has 0 aliphatic rings. The summed E-state index contributed by atoms with van der Waals surface area (Å²) in [4.78, 5) is 29.0. The van der Waals surface area contributed by atoms with Crippen molar-refractivity contribution in [2.45, 2.75) is 73.3 Å². The van der Waals surface area contributed by atoms with Crippen LogP contribution in [-0.4, -0.2) is 40.5 Å². The highest BCUT2D eigenvalue weighted by atomic mass is 16.6. The lowest BCUT2D eigenvalue weighted by Gasteiger charge is -2.21. The van der Waals surface area contributed by atoms with E-state index in [-0.39, 0.29) is 23.4 Å². The van der Waals surface area contributed by atoms with Gasteiger partial charge < -0.3 is 9.64 Å². The van der Waals surface area contributed by atoms with E-state index in [0.717, 1.165) is 37.9 Å². The lowest BCUT2D eigenvalue weighted by Crippen LogP contribution is -2.30. The normalized spacial score (nSPS) is 12.1. The monoisotopic (exact) mass is 390 g/mol. The van der Waals surface area contributed by atoms with Crippen LogP contribution in [0.4, 0.5) is 0 Å². The molecule has 5 nitrogen and oxygen atoms in total. The average Bonchev–Trinajstić information content (AvgIpc) is 2.65. The van der Waals surface area contributed by atoms with Gasteiger partial charge in [0.05, 0.1) is 5.92 Å². The van der Waals surface area contributed by atoms with Crippen LogP contribution < -0.4 is 0 Å². The van der Waals surface area contributed by atoms with Gasteiger partial charge in [0.25, 0.3) is 0 Å². The van der Waals surface area contributed by atoms with Gasteiger partial charge in [-0.1, -0.05) is 33.8 Å². The predicted molar refractivity (Wildman–Crippen MR) is 116 cm³/mol. The van der Waals surface area contributed by atoms with Crippen LogP contribution >= 0.6 is 0 Å². The number of amides is 1. The van der Waals surface area contributed by atoms with E-state index in [1.807, 2.05) is 57.7 Å². The molecule has 1 unspecified atom stereocenters. The summed E-state index contributed by atoms with van der Waals surface area (Å²) in [6.07, 6.45) is 9.73. The van der Waals surface area contributed by atoms with Crippen molar-refractivity contribution in [2.24, 2.45) is 5.92 Å². The largest absolute Gasteiger partial charge is 0.460 e. The molecular formula is C23H38N2O3. The first-order chi connectivity index (χ1) is 13.1. The van der Waals surface area contributed by atoms with Crippen LogP contribution in [0.3, 0.4) is 0 Å². The molecule has 0 bridgehead atoms. The number of ether oxygens (including phenoxy) is 1. The summed E-state index contributed by atoms with van der Waals surface area (Å²) in [6.45, 7) is 15.3. The Hall–Kier alpha value is -2.17. The fourth-order valence-corrected chi connectivity index (χ4v) is 2.19. The number of esters is 1. The first kappa shape index (κ1) is 25.8. The van der Waals surface area contributed by atoms with Crippen molar-refractivity contribution in [3.8, 4) is 0 Å². The maximum Gasteiger partial charge on any atom is 0.309 e. The molecule has 0 fully saturated rings. The minimum absolute atomic E-state index is 0.0224. The smallest absolute Gasteiger partial charge is 0.309 e. The first-order valence-electron chi connectivity index (χ1n) is 10.2. The highest BCUT2D eigenvalue weighted by Crippen LogP contribution is 2.12. The Kier molecular flexibility index (Phi) is 12.8. The third-order valence-electron chi connectivity index (χ3n) is 3.82. The number of carbonyl (C=O) groups is 2. The minimum Gasteiger partial charge on any atom is -0.460 e. The summed E-state index contributed by atoms with van der Waals surface area (Å²) in [5.41, 5.74) is 0.606. The molecule has 0 saturated carbocycles. The average molecular weight is 391 g/mol. The number of rotatable bonds is 8. The third-order valence-corrected chi connectivity index (χ3v) is 3.82. The van der Waals surface area contributed by atoms with E-state index in [2.05, 4.69) is 18.8 Å². The third kappa shape index (κ3) is 12.3. The number of aromatic nitrogens is 1. The van der Waals surface area contributed by atoms with Crippen LogP contribution in [0, 0.1) is 5.92 Å². The van der Waals surface area contributed by atoms with Gasteiger partial charge in [0.2, 0.25) is 5.91 Å². The molecule has 28 heavy (non-hydrogen) atoms. The molecule has 0 spiro atoms. The topological polar surface area (TPSA) is 59.5 Å². The van der Waals surface area contributed by atoms with Gasteiger partial charge in [-0.3, -0.25) is 14.6 Å². The number of carbonyl (C=O) groups excluding carboxylic acids is 2. The van der Waals surface area contributed by atoms with E-state index in [9.17, 15) is 9.59 Å². The van der Waals surface area contributed by atoms with Crippen molar-refractivity contribution in [3.63, 3.8) is 0 Å². The number of hydrogen-bond acceptors (Lipinski definition) is 4. The van der Waals surface area contributed by atoms with Crippen LogP contribution in [-0.2, 0) is 14.3 Å². The van der Waals surface area contributed by atoms with Crippen LogP contribution in [0.5, 0.6) is 0 Å². The van der Waals surface area contributed by atoms with E-state index in [4.69, 9.17) is 4.74 Å². The van der Waals surface area contributed by atoms with Crippen molar-refractivity contribution < 1.29 is 14.3 Å². The van der Waals surface area contributed by atoms with Gasteiger partial charge in [-0.2, -0.15) is 0 Å². The lowest BCUT2D eigenvalue weighted by atomic mass is 10.1. The SMILES string of the molecule is CCC(C)C(=O)OC(C)(C)C.CCCN(CCC)C(=O)/C=C/c1cccnc1. The molecule has 1 aromatic rings. The molecule has 1 rings (SSSR count). The molecule has 0 saturated heterocycles. The van der Waals surface area contributed by atoms with Gasteiger partial charge in [0.15, 0.2) is 0 Å². The van der Waals surface area contributed by atoms with Crippen molar-refractivity contribution in [1.82, 2.24) is 9.88 Å². The zero-order valence-electron chi connectivity index (χ0n) is 18.7. The molecule has 1 atom stereocenters. The van der Waals surface area contributed by atoms with Crippen molar-refractivity contribution in [3.05, 3.63) is 36.2 Å². The van der Waals surface area contributed by atoms with Gasteiger partial charge in [-0.15, -0.1) is 0 Å². The molecular weight excluding hydrogens is 352 g/mol. The Morgan fingerprint density at radius 3 is 2.21 bits per heavy atom. The Morgan fingerprint density at radius 1 is 1.18 bits per heavy atom. The van der Waals surface area contributed by atoms with E-state index in [1.165, 1.54) is 0 Å². The van der Waals surface area contributed by atoms with Crippen molar-refractivity contribution in [2.75, 3.05) is 13.1 Å². The molecule has 158 valence electrons. The molecule has 1 aromatic heterocycles. The fourth-order valence-electron chi connectivity index (χ4n) is 2.19. The fraction of sp³-hybridized carbons (Fsp3) is 0.609. The van der Waals surface area contributed by atoms with Crippen molar-refractivity contribution >= 4 is 18.0 Å². The minimum atomic E-state index is -0.347. The first-order valence-corrected chi connectivity index (χ1v) is 10.2. The summed E-state index contributed by atoms with van der Waals surface area (Å²) in [5.74, 6) is 0.00628. The Morgan fingerprint density at radius 2 is 1.79 bits per heavy atom. The zero-order valence-corrected chi connectivity index (χ0v) is 18.7. The summed E-state index contributed by atoms with van der Waals surface area (Å²) in [5, 5.41) is 0. The maximum absolute atomic E-state index is 11.9. The highest BCUT2D eigenvalue weighted by molar-refractivity contribution is 5.91. The number of nitrogens with zero attached hydrogens (tertiary/aromatic N) is 2. The van der Waals surface area contributed by atoms with Crippen LogP contribution in [0.15, 0.2) is 30.6 Å². The lowest BCUT2D eigenvalue weighted by molar-refractivity contribution is -0.159. The van der Waals surface area contributed by atoms with E-state index < -0.39 is 0 Å². The van der Waals surface area contributed by atoms with Crippen molar-refractivity contribution in [1.29, 1.82) is 0 Å². The Balaban J connectivity index is 0.000000576. The molecule has 5 heteroatoms. The summed E-state index contributed by atoms with van der Waals surface area (Å²) in [6, 6.07) is 3.79. The standard InChI is InChI=1S/C14H20N2O.C9H18O2/c1-3-10-16(11-4-2)14(17)8-7-13-6-5-9-15-12-13;1-6-7(2)8(10)11-9(3,4)5/h5-9,12H,3-4,10-11H2,1-2H3;7H,6H2,1-5H3/b8-7+;. The quantitative estimate of drug-likeness (QED) is 0.457. The second-order valence-corrected chi connectivity index (χ2v) is 7.79. The molecule has 0 aliphatic heterocycles. The van der Waals surface area contributed by atoms with Gasteiger partial charge in [0.1, 0.15) is 5.60 Å². The van der Waals surface area contributed by atoms with Gasteiger partial charge in [-0.25, -0.2) is 0 Å². The second-order valence-electron chi connectivity index (χ2n) is 7.79. The molecule has 1 amide bonds. The van der Waals surface area contributed by atoms with E-state index in [1.54, 1.807) is 18.5 Å². The van der Waals surface area contributed by atoms with Gasteiger partial charge >= 0.3 is 5.97 Å². The zero-order chi connectivity index (χ0) is 21.6. The molecule has 0 radical (unpaired) electrons. The summed E-state index contributed by atoms with van der Waals surface area (Å²) >= 11 is 0. The van der Waals surface area contributed by atoms with Gasteiger partial charge in [0, 0.05) is 31.6 Å². The summed E-state index contributed by atoms with van der Waals surface area (Å²) in [7, 11) is 0. The Labute approximate surface area is 171 Å². The molecule has 0 N–H and O–H groups in total.